The first-order valence-corrected chi connectivity index (χ1v) is 6.20. The summed E-state index contributed by atoms with van der Waals surface area (Å²) in [6.07, 6.45) is -3.87. The van der Waals surface area contributed by atoms with Crippen molar-refractivity contribution in [1.29, 1.82) is 0 Å². The maximum absolute atomic E-state index is 14.0. The highest BCUT2D eigenvalue weighted by Crippen LogP contribution is 2.30. The fraction of sp³-hybridized carbons (Fsp3) is 0.417. The Labute approximate surface area is 121 Å². The number of rotatable bonds is 4. The lowest BCUT2D eigenvalue weighted by Gasteiger charge is -2.16. The Bertz CT molecular complexity index is 710. The van der Waals surface area contributed by atoms with Gasteiger partial charge in [-0.25, -0.2) is 14.0 Å². The number of nitrogens with zero attached hydrogens (tertiary/aromatic N) is 1. The highest BCUT2D eigenvalue weighted by atomic mass is 19.1. The van der Waals surface area contributed by atoms with E-state index in [1.807, 2.05) is 4.98 Å². The van der Waals surface area contributed by atoms with Gasteiger partial charge < -0.3 is 20.1 Å². The molecule has 10 heteroatoms. The number of carbonyl (C=O) groups is 1. The van der Waals surface area contributed by atoms with Crippen LogP contribution < -0.4 is 11.2 Å². The Morgan fingerprint density at radius 1 is 1.50 bits per heavy atom. The second kappa shape index (κ2) is 6.22. The van der Waals surface area contributed by atoms with Gasteiger partial charge >= 0.3 is 11.7 Å². The minimum Gasteiger partial charge on any atom is -0.478 e. The lowest BCUT2D eigenvalue weighted by Crippen LogP contribution is -2.36. The van der Waals surface area contributed by atoms with E-state index in [4.69, 9.17) is 14.9 Å². The summed E-state index contributed by atoms with van der Waals surface area (Å²) in [5, 5.41) is 27.0. The Hall–Kier alpha value is -2.30. The number of ether oxygens (including phenoxy) is 1. The Balaban J connectivity index is 2.44. The molecular weight excluding hydrogens is 303 g/mol. The van der Waals surface area contributed by atoms with E-state index in [2.05, 4.69) is 0 Å². The largest absolute Gasteiger partial charge is 0.478 e. The average molecular weight is 316 g/mol. The predicted octanol–water partition coefficient (Wildman–Crippen LogP) is -1.78. The Morgan fingerprint density at radius 3 is 2.73 bits per heavy atom. The molecule has 0 aliphatic carbocycles. The average Bonchev–Trinajstić information content (AvgIpc) is 2.74. The van der Waals surface area contributed by atoms with Crippen LogP contribution in [0.15, 0.2) is 21.9 Å². The number of aromatic nitrogens is 2. The summed E-state index contributed by atoms with van der Waals surface area (Å²) < 4.78 is 19.7. The fourth-order valence-electron chi connectivity index (χ4n) is 2.05. The zero-order valence-corrected chi connectivity index (χ0v) is 11.0. The van der Waals surface area contributed by atoms with Crippen molar-refractivity contribution in [2.24, 2.45) is 0 Å². The summed E-state index contributed by atoms with van der Waals surface area (Å²) in [6, 6.07) is 0. The minimum atomic E-state index is -2.00. The molecule has 0 saturated carbocycles. The highest BCUT2D eigenvalue weighted by molar-refractivity contribution is 5.85. The molecule has 4 N–H and O–H groups in total. The van der Waals surface area contributed by atoms with Crippen molar-refractivity contribution in [2.75, 3.05) is 6.61 Å². The van der Waals surface area contributed by atoms with Crippen LogP contribution in [0.1, 0.15) is 11.8 Å². The molecular formula is C12H13FN2O7. The van der Waals surface area contributed by atoms with Gasteiger partial charge in [0, 0.05) is 12.3 Å². The molecule has 4 atom stereocenters. The van der Waals surface area contributed by atoms with Crippen LogP contribution >= 0.6 is 0 Å². The molecule has 9 nitrogen and oxygen atoms in total. The summed E-state index contributed by atoms with van der Waals surface area (Å²) in [4.78, 5) is 35.6. The number of halogens is 1. The number of aliphatic hydroxyl groups is 2. The molecule has 1 fully saturated rings. The molecule has 1 aliphatic heterocycles. The zero-order chi connectivity index (χ0) is 16.4. The molecule has 0 amide bonds. The molecule has 2 rings (SSSR count). The molecule has 1 aromatic rings. The number of alkyl halides is 1. The van der Waals surface area contributed by atoms with Crippen LogP contribution in [0.2, 0.25) is 0 Å². The number of aliphatic hydroxyl groups excluding tert-OH is 2. The Morgan fingerprint density at radius 2 is 2.18 bits per heavy atom. The van der Waals surface area contributed by atoms with E-state index in [1.54, 1.807) is 0 Å². The molecule has 1 saturated heterocycles. The number of hydrogen-bond acceptors (Lipinski definition) is 6. The molecule has 22 heavy (non-hydrogen) atoms. The van der Waals surface area contributed by atoms with Crippen LogP contribution in [-0.4, -0.2) is 55.8 Å². The van der Waals surface area contributed by atoms with Gasteiger partial charge in [0.2, 0.25) is 0 Å². The zero-order valence-electron chi connectivity index (χ0n) is 11.0. The van der Waals surface area contributed by atoms with E-state index < -0.39 is 48.4 Å². The molecule has 2 heterocycles. The van der Waals surface area contributed by atoms with Gasteiger partial charge in [0.05, 0.1) is 12.2 Å². The maximum atomic E-state index is 14.0. The molecule has 1 aromatic heterocycles. The van der Waals surface area contributed by atoms with Crippen LogP contribution in [0.3, 0.4) is 0 Å². The van der Waals surface area contributed by atoms with Crippen LogP contribution in [-0.2, 0) is 9.53 Å². The van der Waals surface area contributed by atoms with Gasteiger partial charge in [-0.1, -0.05) is 0 Å². The third-order valence-electron chi connectivity index (χ3n) is 3.15. The second-order valence-corrected chi connectivity index (χ2v) is 4.61. The number of aliphatic carboxylic acids is 1. The maximum Gasteiger partial charge on any atom is 0.330 e. The van der Waals surface area contributed by atoms with E-state index in [1.165, 1.54) is 0 Å². The van der Waals surface area contributed by atoms with Crippen LogP contribution in [0.5, 0.6) is 0 Å². The molecule has 1 aliphatic rings. The highest BCUT2D eigenvalue weighted by Gasteiger charge is 2.45. The van der Waals surface area contributed by atoms with Gasteiger partial charge in [-0.15, -0.1) is 0 Å². The summed E-state index contributed by atoms with van der Waals surface area (Å²) in [6.45, 7) is -0.651. The quantitative estimate of drug-likeness (QED) is 0.481. The summed E-state index contributed by atoms with van der Waals surface area (Å²) >= 11 is 0. The molecule has 0 unspecified atom stereocenters. The normalized spacial score (nSPS) is 28.3. The third kappa shape index (κ3) is 2.98. The number of carboxylic acid groups (broad SMARTS) is 1. The molecule has 120 valence electrons. The summed E-state index contributed by atoms with van der Waals surface area (Å²) in [5.41, 5.74) is -2.05. The van der Waals surface area contributed by atoms with Gasteiger partial charge in [0.1, 0.15) is 12.2 Å². The lowest BCUT2D eigenvalue weighted by atomic mass is 10.1. The van der Waals surface area contributed by atoms with Crippen molar-refractivity contribution in [3.05, 3.63) is 38.7 Å². The van der Waals surface area contributed by atoms with Crippen LogP contribution in [0, 0.1) is 0 Å². The van der Waals surface area contributed by atoms with Gasteiger partial charge in [-0.2, -0.15) is 0 Å². The van der Waals surface area contributed by atoms with Crippen molar-refractivity contribution in [3.8, 4) is 0 Å². The SMILES string of the molecule is O=C(O)/C=C/c1cn([C@H]2O[C@@H](CO)[C@H](O)[C@@H]2F)c(=O)[nH]c1=O. The summed E-state index contributed by atoms with van der Waals surface area (Å²) in [5.74, 6) is -1.31. The number of H-pyrrole nitrogens is 1. The van der Waals surface area contributed by atoms with Gasteiger partial charge in [-0.3, -0.25) is 14.3 Å². The minimum absolute atomic E-state index is 0.209. The smallest absolute Gasteiger partial charge is 0.330 e. The summed E-state index contributed by atoms with van der Waals surface area (Å²) in [7, 11) is 0. The first-order chi connectivity index (χ1) is 10.3. The van der Waals surface area contributed by atoms with E-state index >= 15 is 0 Å². The number of hydrogen-bond donors (Lipinski definition) is 4. The monoisotopic (exact) mass is 316 g/mol. The first kappa shape index (κ1) is 16.1. The number of carboxylic acids is 1. The van der Waals surface area contributed by atoms with Crippen molar-refractivity contribution in [2.45, 2.75) is 24.6 Å². The first-order valence-electron chi connectivity index (χ1n) is 6.20. The van der Waals surface area contributed by atoms with Gasteiger partial charge in [-0.05, 0) is 6.08 Å². The molecule has 0 radical (unpaired) electrons. The predicted molar refractivity (Wildman–Crippen MR) is 69.9 cm³/mol. The van der Waals surface area contributed by atoms with Crippen molar-refractivity contribution in [3.63, 3.8) is 0 Å². The fourth-order valence-corrected chi connectivity index (χ4v) is 2.05. The van der Waals surface area contributed by atoms with E-state index in [0.717, 1.165) is 12.3 Å². The molecule has 0 spiro atoms. The van der Waals surface area contributed by atoms with Crippen molar-refractivity contribution < 1.29 is 29.2 Å². The van der Waals surface area contributed by atoms with Gasteiger partial charge in [0.15, 0.2) is 12.4 Å². The molecule has 0 aromatic carbocycles. The lowest BCUT2D eigenvalue weighted by molar-refractivity contribution is -0.131. The van der Waals surface area contributed by atoms with E-state index in [9.17, 15) is 23.9 Å². The molecule has 0 bridgehead atoms. The van der Waals surface area contributed by atoms with E-state index in [0.29, 0.717) is 10.6 Å². The van der Waals surface area contributed by atoms with Crippen molar-refractivity contribution in [1.82, 2.24) is 9.55 Å². The van der Waals surface area contributed by atoms with E-state index in [-0.39, 0.29) is 5.56 Å². The standard InChI is InChI=1S/C12H13FN2O7/c13-8-9(19)6(4-16)22-11(8)15-3-5(1-2-7(17)18)10(20)14-12(15)21/h1-3,6,8-9,11,16,19H,4H2,(H,17,18)(H,14,20,21)/b2-1+/t6-,8-,9-,11-/m0/s1. The number of nitrogens with one attached hydrogen (secondary N) is 1. The number of aromatic amines is 1. The van der Waals surface area contributed by atoms with Crippen LogP contribution in [0.25, 0.3) is 6.08 Å². The Kier molecular flexibility index (Phi) is 4.54. The second-order valence-electron chi connectivity index (χ2n) is 4.61. The van der Waals surface area contributed by atoms with Crippen molar-refractivity contribution >= 4 is 12.0 Å². The van der Waals surface area contributed by atoms with Gasteiger partial charge in [0.25, 0.3) is 5.56 Å². The van der Waals surface area contributed by atoms with Crippen LogP contribution in [0.4, 0.5) is 4.39 Å². The third-order valence-corrected chi connectivity index (χ3v) is 3.15. The topological polar surface area (TPSA) is 142 Å².